The van der Waals surface area contributed by atoms with Crippen LogP contribution in [0, 0.1) is 0 Å². The molecular weight excluding hydrogens is 510 g/mol. The first-order chi connectivity index (χ1) is 19.4. The fraction of sp³-hybridized carbons (Fsp3) is 0.323. The smallest absolute Gasteiger partial charge is 0.407 e. The molecule has 9 nitrogen and oxygen atoms in total. The average molecular weight is 544 g/mol. The molecule has 3 aromatic carbocycles. The van der Waals surface area contributed by atoms with Crippen LogP contribution in [0.15, 0.2) is 78.9 Å². The van der Waals surface area contributed by atoms with E-state index in [-0.39, 0.29) is 25.7 Å². The van der Waals surface area contributed by atoms with E-state index >= 15 is 0 Å². The highest BCUT2D eigenvalue weighted by molar-refractivity contribution is 5.87. The molecule has 0 aromatic heterocycles. The first-order valence-corrected chi connectivity index (χ1v) is 13.4. The molecule has 0 spiro atoms. The molecule has 1 saturated heterocycles. The number of carbonyl (C=O) groups excluding carboxylic acids is 2. The molecule has 0 bridgehead atoms. The largest absolute Gasteiger partial charge is 0.480 e. The highest BCUT2D eigenvalue weighted by atomic mass is 16.6. The second-order valence-electron chi connectivity index (χ2n) is 10.2. The molecule has 9 heteroatoms. The third kappa shape index (κ3) is 6.16. The van der Waals surface area contributed by atoms with Crippen LogP contribution in [-0.2, 0) is 25.6 Å². The van der Waals surface area contributed by atoms with Crippen molar-refractivity contribution in [2.75, 3.05) is 26.8 Å². The van der Waals surface area contributed by atoms with Crippen LogP contribution < -0.4 is 10.6 Å². The van der Waals surface area contributed by atoms with E-state index in [1.165, 1.54) is 0 Å². The summed E-state index contributed by atoms with van der Waals surface area (Å²) in [5.41, 5.74) is 5.52. The van der Waals surface area contributed by atoms with Crippen molar-refractivity contribution in [2.45, 2.75) is 37.1 Å². The molecule has 208 valence electrons. The number of carbonyl (C=O) groups is 3. The maximum Gasteiger partial charge on any atom is 0.407 e. The summed E-state index contributed by atoms with van der Waals surface area (Å²) < 4.78 is 11.2. The third-order valence-corrected chi connectivity index (χ3v) is 7.40. The van der Waals surface area contributed by atoms with E-state index in [9.17, 15) is 19.5 Å². The lowest BCUT2D eigenvalue weighted by Gasteiger charge is -2.25. The summed E-state index contributed by atoms with van der Waals surface area (Å²) in [7, 11) is 1.79. The number of nitrogens with zero attached hydrogens (tertiary/aromatic N) is 1. The second-order valence-corrected chi connectivity index (χ2v) is 10.2. The predicted molar refractivity (Wildman–Crippen MR) is 149 cm³/mol. The van der Waals surface area contributed by atoms with E-state index in [2.05, 4.69) is 22.8 Å². The number of fused-ring (bicyclic) bond motifs is 3. The quantitative estimate of drug-likeness (QED) is 0.359. The molecule has 2 amide bonds. The number of likely N-dealkylation sites (N-methyl/N-ethyl adjacent to an activating group) is 1. The van der Waals surface area contributed by atoms with Crippen molar-refractivity contribution < 1.29 is 29.0 Å². The summed E-state index contributed by atoms with van der Waals surface area (Å²) in [6.07, 6.45) is -1.25. The first-order valence-electron chi connectivity index (χ1n) is 13.4. The van der Waals surface area contributed by atoms with Crippen molar-refractivity contribution in [1.82, 2.24) is 15.5 Å². The highest BCUT2D eigenvalue weighted by Crippen LogP contribution is 2.44. The Balaban J connectivity index is 1.15. The Bertz CT molecular complexity index is 1320. The number of carboxylic acid groups (broad SMARTS) is 1. The summed E-state index contributed by atoms with van der Waals surface area (Å²) in [5, 5.41) is 15.1. The number of rotatable bonds is 10. The van der Waals surface area contributed by atoms with Crippen molar-refractivity contribution in [3.8, 4) is 11.1 Å². The molecule has 5 rings (SSSR count). The summed E-state index contributed by atoms with van der Waals surface area (Å²) in [5.74, 6) is -1.81. The van der Waals surface area contributed by atoms with Crippen LogP contribution in [-0.4, -0.2) is 73.0 Å². The number of hydrogen-bond donors (Lipinski definition) is 3. The summed E-state index contributed by atoms with van der Waals surface area (Å²) in [6, 6.07) is 24.0. The molecule has 2 aliphatic rings. The zero-order valence-corrected chi connectivity index (χ0v) is 22.3. The summed E-state index contributed by atoms with van der Waals surface area (Å²) >= 11 is 0. The molecule has 40 heavy (non-hydrogen) atoms. The normalized spacial score (nSPS) is 18.6. The molecule has 1 aliphatic carbocycles. The van der Waals surface area contributed by atoms with Gasteiger partial charge >= 0.3 is 12.1 Å². The number of alkyl carbamates (subject to hydrolysis) is 1. The maximum atomic E-state index is 13.0. The SMILES string of the molecule is CN(Cc1ccccc1)CC(NC(=O)[C@H]1OCC[C@H]1NC(=O)OCC1c2ccccc2-c2ccccc21)C(=O)O. The molecule has 3 N–H and O–H groups in total. The number of amides is 2. The highest BCUT2D eigenvalue weighted by Gasteiger charge is 2.38. The van der Waals surface area contributed by atoms with E-state index in [4.69, 9.17) is 9.47 Å². The zero-order chi connectivity index (χ0) is 28.1. The van der Waals surface area contributed by atoms with Crippen LogP contribution in [0.25, 0.3) is 11.1 Å². The van der Waals surface area contributed by atoms with Gasteiger partial charge in [-0.25, -0.2) is 9.59 Å². The fourth-order valence-corrected chi connectivity index (χ4v) is 5.50. The Morgan fingerprint density at radius 1 is 0.975 bits per heavy atom. The van der Waals surface area contributed by atoms with Gasteiger partial charge in [0.1, 0.15) is 12.6 Å². The molecule has 1 unspecified atom stereocenters. The van der Waals surface area contributed by atoms with Crippen molar-refractivity contribution in [3.05, 3.63) is 95.6 Å². The van der Waals surface area contributed by atoms with E-state index in [1.54, 1.807) is 7.05 Å². The Morgan fingerprint density at radius 3 is 2.25 bits per heavy atom. The van der Waals surface area contributed by atoms with Crippen LogP contribution >= 0.6 is 0 Å². The van der Waals surface area contributed by atoms with E-state index in [1.807, 2.05) is 71.6 Å². The molecule has 0 saturated carbocycles. The van der Waals surface area contributed by atoms with Gasteiger partial charge in [-0.2, -0.15) is 0 Å². The Hall–Kier alpha value is -4.21. The number of aliphatic carboxylic acids is 1. The lowest BCUT2D eigenvalue weighted by Crippen LogP contribution is -2.54. The van der Waals surface area contributed by atoms with Gasteiger partial charge in [-0.3, -0.25) is 9.69 Å². The minimum Gasteiger partial charge on any atom is -0.480 e. The number of carboxylic acids is 1. The van der Waals surface area contributed by atoms with E-state index in [0.29, 0.717) is 13.0 Å². The molecule has 1 heterocycles. The van der Waals surface area contributed by atoms with E-state index in [0.717, 1.165) is 27.8 Å². The number of hydrogen-bond acceptors (Lipinski definition) is 6. The van der Waals surface area contributed by atoms with Crippen molar-refractivity contribution in [1.29, 1.82) is 0 Å². The lowest BCUT2D eigenvalue weighted by atomic mass is 9.98. The standard InChI is InChI=1S/C31H33N3O6/c1-34(17-20-9-3-2-4-10-20)18-27(30(36)37)32-29(35)28-26(15-16-39-28)33-31(38)40-19-25-23-13-7-5-11-21(23)22-12-6-8-14-24(22)25/h2-14,25-28H,15-19H2,1H3,(H,32,35)(H,33,38)(H,36,37)/t26-,27?,28+/m1/s1. The molecule has 1 fully saturated rings. The van der Waals surface area contributed by atoms with Gasteiger partial charge in [0.15, 0.2) is 6.10 Å². The van der Waals surface area contributed by atoms with Crippen LogP contribution in [0.3, 0.4) is 0 Å². The van der Waals surface area contributed by atoms with E-state index < -0.39 is 36.2 Å². The number of ether oxygens (including phenoxy) is 2. The van der Waals surface area contributed by atoms with Crippen LogP contribution in [0.4, 0.5) is 4.79 Å². The predicted octanol–water partition coefficient (Wildman–Crippen LogP) is 3.38. The third-order valence-electron chi connectivity index (χ3n) is 7.40. The lowest BCUT2D eigenvalue weighted by molar-refractivity contribution is -0.144. The maximum absolute atomic E-state index is 13.0. The minimum atomic E-state index is -1.15. The zero-order valence-electron chi connectivity index (χ0n) is 22.3. The van der Waals surface area contributed by atoms with Crippen LogP contribution in [0.2, 0.25) is 0 Å². The molecule has 1 aliphatic heterocycles. The van der Waals surface area contributed by atoms with Gasteiger partial charge in [-0.1, -0.05) is 78.9 Å². The topological polar surface area (TPSA) is 117 Å². The van der Waals surface area contributed by atoms with Gasteiger partial charge in [0.2, 0.25) is 0 Å². The molecule has 3 atom stereocenters. The Morgan fingerprint density at radius 2 is 1.60 bits per heavy atom. The molecule has 0 radical (unpaired) electrons. The second kappa shape index (κ2) is 12.3. The van der Waals surface area contributed by atoms with Gasteiger partial charge in [0.25, 0.3) is 5.91 Å². The average Bonchev–Trinajstić information content (AvgIpc) is 3.54. The van der Waals surface area contributed by atoms with Gasteiger partial charge in [-0.15, -0.1) is 0 Å². The Kier molecular flexibility index (Phi) is 8.42. The monoisotopic (exact) mass is 543 g/mol. The fourth-order valence-electron chi connectivity index (χ4n) is 5.50. The minimum absolute atomic E-state index is 0.0822. The van der Waals surface area contributed by atoms with Crippen LogP contribution in [0.5, 0.6) is 0 Å². The molecular formula is C31H33N3O6. The summed E-state index contributed by atoms with van der Waals surface area (Å²) in [4.78, 5) is 39.5. The van der Waals surface area contributed by atoms with Gasteiger partial charge < -0.3 is 25.2 Å². The Labute approximate surface area is 233 Å². The number of nitrogens with one attached hydrogen (secondary N) is 2. The number of benzene rings is 3. The first kappa shape index (κ1) is 27.4. The molecule has 3 aromatic rings. The van der Waals surface area contributed by atoms with Crippen molar-refractivity contribution >= 4 is 18.0 Å². The summed E-state index contributed by atoms with van der Waals surface area (Å²) in [6.45, 7) is 1.05. The van der Waals surface area contributed by atoms with Crippen LogP contribution in [0.1, 0.15) is 29.0 Å². The van der Waals surface area contributed by atoms with Gasteiger partial charge in [0.05, 0.1) is 6.04 Å². The van der Waals surface area contributed by atoms with Crippen molar-refractivity contribution in [2.24, 2.45) is 0 Å². The van der Waals surface area contributed by atoms with Gasteiger partial charge in [0, 0.05) is 25.6 Å². The van der Waals surface area contributed by atoms with Crippen molar-refractivity contribution in [3.63, 3.8) is 0 Å². The van der Waals surface area contributed by atoms with Gasteiger partial charge in [-0.05, 0) is 41.3 Å².